The van der Waals surface area contributed by atoms with E-state index in [1.54, 1.807) is 7.11 Å². The van der Waals surface area contributed by atoms with Gasteiger partial charge in [0.2, 0.25) is 0 Å². The Morgan fingerprint density at radius 2 is 2.11 bits per heavy atom. The van der Waals surface area contributed by atoms with E-state index in [2.05, 4.69) is 26.0 Å². The highest BCUT2D eigenvalue weighted by molar-refractivity contribution is 5.43. The summed E-state index contributed by atoms with van der Waals surface area (Å²) in [6, 6.07) is 4.30. The molecule has 1 saturated heterocycles. The van der Waals surface area contributed by atoms with Gasteiger partial charge in [-0.05, 0) is 49.4 Å². The largest absolute Gasteiger partial charge is 0.496 e. The summed E-state index contributed by atoms with van der Waals surface area (Å²) in [7, 11) is 1.70. The summed E-state index contributed by atoms with van der Waals surface area (Å²) in [6.07, 6.45) is 2.28. The highest BCUT2D eigenvalue weighted by atomic mass is 16.5. The van der Waals surface area contributed by atoms with Crippen LogP contribution in [0.2, 0.25) is 0 Å². The molecule has 100 valence electrons. The van der Waals surface area contributed by atoms with Gasteiger partial charge in [0, 0.05) is 18.6 Å². The van der Waals surface area contributed by atoms with E-state index in [0.717, 1.165) is 37.4 Å². The standard InChI is InChI=1S/C15H23NO2/c1-10-8-14(17-3)11(2)7-13(10)15(16)12-5-4-6-18-9-12/h7-8,12,15H,4-6,9,16H2,1-3H3. The third-order valence-corrected chi connectivity index (χ3v) is 3.85. The monoisotopic (exact) mass is 249 g/mol. The molecule has 0 bridgehead atoms. The summed E-state index contributed by atoms with van der Waals surface area (Å²) in [5.41, 5.74) is 9.98. The van der Waals surface area contributed by atoms with Crippen molar-refractivity contribution in [1.82, 2.24) is 0 Å². The van der Waals surface area contributed by atoms with Gasteiger partial charge in [-0.25, -0.2) is 0 Å². The molecule has 2 unspecified atom stereocenters. The Balaban J connectivity index is 2.23. The third-order valence-electron chi connectivity index (χ3n) is 3.85. The fourth-order valence-corrected chi connectivity index (χ4v) is 2.69. The van der Waals surface area contributed by atoms with Crippen molar-refractivity contribution in [3.8, 4) is 5.75 Å². The van der Waals surface area contributed by atoms with E-state index in [1.807, 2.05) is 0 Å². The lowest BCUT2D eigenvalue weighted by molar-refractivity contribution is 0.0447. The van der Waals surface area contributed by atoms with Gasteiger partial charge >= 0.3 is 0 Å². The second-order valence-electron chi connectivity index (χ2n) is 5.18. The molecule has 2 atom stereocenters. The first-order chi connectivity index (χ1) is 8.63. The maximum Gasteiger partial charge on any atom is 0.122 e. The molecule has 3 nitrogen and oxygen atoms in total. The normalized spacial score (nSPS) is 21.7. The molecule has 0 radical (unpaired) electrons. The number of aryl methyl sites for hydroxylation is 2. The van der Waals surface area contributed by atoms with E-state index in [4.69, 9.17) is 15.2 Å². The van der Waals surface area contributed by atoms with Gasteiger partial charge in [-0.2, -0.15) is 0 Å². The Labute approximate surface area is 109 Å². The van der Waals surface area contributed by atoms with Gasteiger partial charge in [0.05, 0.1) is 13.7 Å². The number of benzene rings is 1. The van der Waals surface area contributed by atoms with Crippen LogP contribution in [0.1, 0.15) is 35.6 Å². The molecule has 1 aliphatic rings. The smallest absolute Gasteiger partial charge is 0.122 e. The quantitative estimate of drug-likeness (QED) is 0.895. The van der Waals surface area contributed by atoms with Crippen molar-refractivity contribution < 1.29 is 9.47 Å². The Morgan fingerprint density at radius 3 is 2.72 bits per heavy atom. The lowest BCUT2D eigenvalue weighted by Crippen LogP contribution is -2.29. The molecule has 0 aromatic heterocycles. The van der Waals surface area contributed by atoms with Gasteiger partial charge in [-0.15, -0.1) is 0 Å². The summed E-state index contributed by atoms with van der Waals surface area (Å²) < 4.78 is 10.9. The Hall–Kier alpha value is -1.06. The second kappa shape index (κ2) is 5.72. The SMILES string of the molecule is COc1cc(C)c(C(N)C2CCCOC2)cc1C. The van der Waals surface area contributed by atoms with Gasteiger partial charge in [0.15, 0.2) is 0 Å². The van der Waals surface area contributed by atoms with Crippen LogP contribution in [-0.4, -0.2) is 20.3 Å². The zero-order valence-corrected chi connectivity index (χ0v) is 11.5. The third kappa shape index (κ3) is 2.68. The van der Waals surface area contributed by atoms with Crippen LogP contribution in [0.25, 0.3) is 0 Å². The second-order valence-corrected chi connectivity index (χ2v) is 5.18. The van der Waals surface area contributed by atoms with Gasteiger partial charge in [0.25, 0.3) is 0 Å². The molecule has 0 amide bonds. The molecule has 2 rings (SSSR count). The molecule has 18 heavy (non-hydrogen) atoms. The van der Waals surface area contributed by atoms with Crippen molar-refractivity contribution >= 4 is 0 Å². The maximum absolute atomic E-state index is 6.41. The average Bonchev–Trinajstić information content (AvgIpc) is 2.41. The lowest BCUT2D eigenvalue weighted by atomic mass is 9.86. The summed E-state index contributed by atoms with van der Waals surface area (Å²) in [5, 5.41) is 0. The average molecular weight is 249 g/mol. The van der Waals surface area contributed by atoms with Crippen LogP contribution in [0.4, 0.5) is 0 Å². The first kappa shape index (κ1) is 13.4. The zero-order valence-electron chi connectivity index (χ0n) is 11.5. The number of methoxy groups -OCH3 is 1. The van der Waals surface area contributed by atoms with Crippen LogP contribution in [-0.2, 0) is 4.74 Å². The first-order valence-electron chi connectivity index (χ1n) is 6.62. The highest BCUT2D eigenvalue weighted by Crippen LogP contribution is 2.32. The van der Waals surface area contributed by atoms with Gasteiger partial charge < -0.3 is 15.2 Å². The number of rotatable bonds is 3. The van der Waals surface area contributed by atoms with E-state index in [-0.39, 0.29) is 6.04 Å². The topological polar surface area (TPSA) is 44.5 Å². The van der Waals surface area contributed by atoms with Crippen LogP contribution in [0, 0.1) is 19.8 Å². The summed E-state index contributed by atoms with van der Waals surface area (Å²) in [4.78, 5) is 0. The van der Waals surface area contributed by atoms with Crippen molar-refractivity contribution in [2.75, 3.05) is 20.3 Å². The molecular weight excluding hydrogens is 226 g/mol. The van der Waals surface area contributed by atoms with Crippen LogP contribution >= 0.6 is 0 Å². The Bertz CT molecular complexity index is 411. The van der Waals surface area contributed by atoms with Crippen LogP contribution < -0.4 is 10.5 Å². The summed E-state index contributed by atoms with van der Waals surface area (Å²) in [5.74, 6) is 1.37. The van der Waals surface area contributed by atoms with Crippen LogP contribution in [0.15, 0.2) is 12.1 Å². The van der Waals surface area contributed by atoms with Gasteiger partial charge in [0.1, 0.15) is 5.75 Å². The number of ether oxygens (including phenoxy) is 2. The molecule has 1 heterocycles. The van der Waals surface area contributed by atoms with Crippen molar-refractivity contribution in [2.24, 2.45) is 11.7 Å². The van der Waals surface area contributed by atoms with Crippen molar-refractivity contribution in [3.05, 3.63) is 28.8 Å². The van der Waals surface area contributed by atoms with E-state index < -0.39 is 0 Å². The fourth-order valence-electron chi connectivity index (χ4n) is 2.69. The fraction of sp³-hybridized carbons (Fsp3) is 0.600. The Kier molecular flexibility index (Phi) is 4.25. The molecule has 1 aromatic rings. The molecule has 3 heteroatoms. The predicted octanol–water partition coefficient (Wildman–Crippen LogP) is 2.74. The Morgan fingerprint density at radius 1 is 1.33 bits per heavy atom. The molecule has 0 spiro atoms. The summed E-state index contributed by atoms with van der Waals surface area (Å²) in [6.45, 7) is 5.82. The molecule has 1 aliphatic heterocycles. The minimum Gasteiger partial charge on any atom is -0.496 e. The number of nitrogens with two attached hydrogens (primary N) is 1. The van der Waals surface area contributed by atoms with E-state index in [1.165, 1.54) is 11.1 Å². The van der Waals surface area contributed by atoms with Crippen LogP contribution in [0.5, 0.6) is 5.75 Å². The van der Waals surface area contributed by atoms with Crippen molar-refractivity contribution in [2.45, 2.75) is 32.7 Å². The van der Waals surface area contributed by atoms with Gasteiger partial charge in [-0.1, -0.05) is 6.07 Å². The zero-order chi connectivity index (χ0) is 13.1. The van der Waals surface area contributed by atoms with E-state index in [9.17, 15) is 0 Å². The number of hydrogen-bond donors (Lipinski definition) is 1. The molecule has 1 fully saturated rings. The first-order valence-corrected chi connectivity index (χ1v) is 6.62. The van der Waals surface area contributed by atoms with Crippen molar-refractivity contribution in [1.29, 1.82) is 0 Å². The maximum atomic E-state index is 6.41. The predicted molar refractivity (Wildman–Crippen MR) is 72.9 cm³/mol. The molecule has 0 saturated carbocycles. The van der Waals surface area contributed by atoms with E-state index >= 15 is 0 Å². The van der Waals surface area contributed by atoms with Gasteiger partial charge in [-0.3, -0.25) is 0 Å². The van der Waals surface area contributed by atoms with Crippen LogP contribution in [0.3, 0.4) is 0 Å². The molecule has 2 N–H and O–H groups in total. The van der Waals surface area contributed by atoms with E-state index in [0.29, 0.717) is 5.92 Å². The molecule has 0 aliphatic carbocycles. The minimum absolute atomic E-state index is 0.0647. The lowest BCUT2D eigenvalue weighted by Gasteiger charge is -2.29. The van der Waals surface area contributed by atoms with Crippen molar-refractivity contribution in [3.63, 3.8) is 0 Å². The molecule has 1 aromatic carbocycles. The summed E-state index contributed by atoms with van der Waals surface area (Å²) >= 11 is 0. The molecular formula is C15H23NO2. The minimum atomic E-state index is 0.0647. The number of hydrogen-bond acceptors (Lipinski definition) is 3. The highest BCUT2D eigenvalue weighted by Gasteiger charge is 2.24.